The number of nitrogens with zero attached hydrogens (tertiary/aromatic N) is 1. The van der Waals surface area contributed by atoms with E-state index in [1.54, 1.807) is 0 Å². The molecule has 0 aliphatic heterocycles. The Morgan fingerprint density at radius 2 is 2.00 bits per heavy atom. The molecule has 0 bridgehead atoms. The van der Waals surface area contributed by atoms with Gasteiger partial charge in [0, 0.05) is 18.8 Å². The summed E-state index contributed by atoms with van der Waals surface area (Å²) < 4.78 is 0. The Morgan fingerprint density at radius 3 is 2.58 bits per heavy atom. The van der Waals surface area contributed by atoms with Crippen LogP contribution in [-0.2, 0) is 4.79 Å². The second kappa shape index (κ2) is 8.53. The van der Waals surface area contributed by atoms with Crippen molar-refractivity contribution >= 4 is 11.6 Å². The second-order valence-corrected chi connectivity index (χ2v) is 5.10. The standard InChI is InChI=1S/C15H25N3O/c1-13(2)11-17-15(19)12-18(10-6-9-16)14-7-4-3-5-8-14/h3-5,7-8,13H,6,9-12,16H2,1-2H3,(H,17,19). The van der Waals surface area contributed by atoms with E-state index < -0.39 is 0 Å². The van der Waals surface area contributed by atoms with E-state index >= 15 is 0 Å². The van der Waals surface area contributed by atoms with Crippen LogP contribution in [0.25, 0.3) is 0 Å². The number of para-hydroxylation sites is 1. The van der Waals surface area contributed by atoms with E-state index in [-0.39, 0.29) is 5.91 Å². The molecule has 0 spiro atoms. The van der Waals surface area contributed by atoms with Crippen LogP contribution in [0.2, 0.25) is 0 Å². The summed E-state index contributed by atoms with van der Waals surface area (Å²) in [7, 11) is 0. The summed E-state index contributed by atoms with van der Waals surface area (Å²) in [5, 5.41) is 2.95. The van der Waals surface area contributed by atoms with Crippen LogP contribution >= 0.6 is 0 Å². The third kappa shape index (κ3) is 6.25. The fourth-order valence-electron chi connectivity index (χ4n) is 1.77. The predicted octanol–water partition coefficient (Wildman–Crippen LogP) is 1.61. The van der Waals surface area contributed by atoms with E-state index in [1.165, 1.54) is 0 Å². The quantitative estimate of drug-likeness (QED) is 0.749. The van der Waals surface area contributed by atoms with Gasteiger partial charge in [0.15, 0.2) is 0 Å². The minimum absolute atomic E-state index is 0.0644. The number of hydrogen-bond donors (Lipinski definition) is 2. The number of carbonyl (C=O) groups excluding carboxylic acids is 1. The highest BCUT2D eigenvalue weighted by Crippen LogP contribution is 2.12. The fourth-order valence-corrected chi connectivity index (χ4v) is 1.77. The van der Waals surface area contributed by atoms with Crippen LogP contribution in [0.3, 0.4) is 0 Å². The Hall–Kier alpha value is -1.55. The Balaban J connectivity index is 2.57. The van der Waals surface area contributed by atoms with Crippen molar-refractivity contribution in [2.75, 3.05) is 31.1 Å². The first-order chi connectivity index (χ1) is 9.13. The third-order valence-corrected chi connectivity index (χ3v) is 2.80. The SMILES string of the molecule is CC(C)CNC(=O)CN(CCCN)c1ccccc1. The molecule has 0 aliphatic carbocycles. The van der Waals surface area contributed by atoms with Crippen molar-refractivity contribution in [2.24, 2.45) is 11.7 Å². The summed E-state index contributed by atoms with van der Waals surface area (Å²) in [5.74, 6) is 0.535. The molecular formula is C15H25N3O. The second-order valence-electron chi connectivity index (χ2n) is 5.10. The highest BCUT2D eigenvalue weighted by Gasteiger charge is 2.11. The number of amides is 1. The Labute approximate surface area is 116 Å². The average molecular weight is 263 g/mol. The highest BCUT2D eigenvalue weighted by molar-refractivity contribution is 5.81. The van der Waals surface area contributed by atoms with Crippen LogP contribution in [0.5, 0.6) is 0 Å². The molecule has 3 N–H and O–H groups in total. The zero-order chi connectivity index (χ0) is 14.1. The molecule has 0 unspecified atom stereocenters. The van der Waals surface area contributed by atoms with E-state index in [2.05, 4.69) is 24.1 Å². The molecule has 1 aromatic carbocycles. The molecule has 0 saturated carbocycles. The van der Waals surface area contributed by atoms with Crippen LogP contribution in [-0.4, -0.2) is 32.1 Å². The molecule has 4 nitrogen and oxygen atoms in total. The lowest BCUT2D eigenvalue weighted by Crippen LogP contribution is -2.39. The molecule has 0 saturated heterocycles. The molecule has 0 fully saturated rings. The molecule has 0 heterocycles. The number of hydrogen-bond acceptors (Lipinski definition) is 3. The lowest BCUT2D eigenvalue weighted by molar-refractivity contribution is -0.119. The molecule has 106 valence electrons. The van der Waals surface area contributed by atoms with E-state index in [1.807, 2.05) is 30.3 Å². The van der Waals surface area contributed by atoms with E-state index in [4.69, 9.17) is 5.73 Å². The van der Waals surface area contributed by atoms with Gasteiger partial charge in [0.05, 0.1) is 6.54 Å². The number of nitrogens with two attached hydrogens (primary N) is 1. The van der Waals surface area contributed by atoms with Crippen molar-refractivity contribution in [1.29, 1.82) is 0 Å². The minimum atomic E-state index is 0.0644. The maximum Gasteiger partial charge on any atom is 0.239 e. The molecule has 0 radical (unpaired) electrons. The zero-order valence-corrected chi connectivity index (χ0v) is 11.9. The van der Waals surface area contributed by atoms with Gasteiger partial charge in [-0.05, 0) is 31.0 Å². The summed E-state index contributed by atoms with van der Waals surface area (Å²) in [6.45, 7) is 6.72. The number of anilines is 1. The molecular weight excluding hydrogens is 238 g/mol. The van der Waals surface area contributed by atoms with Gasteiger partial charge in [0.2, 0.25) is 5.91 Å². The predicted molar refractivity (Wildman–Crippen MR) is 80.2 cm³/mol. The number of rotatable bonds is 8. The van der Waals surface area contributed by atoms with Crippen molar-refractivity contribution in [2.45, 2.75) is 20.3 Å². The topological polar surface area (TPSA) is 58.4 Å². The summed E-state index contributed by atoms with van der Waals surface area (Å²) in [6.07, 6.45) is 0.881. The lowest BCUT2D eigenvalue weighted by atomic mass is 10.2. The van der Waals surface area contributed by atoms with Crippen molar-refractivity contribution in [3.63, 3.8) is 0 Å². The van der Waals surface area contributed by atoms with Crippen molar-refractivity contribution in [1.82, 2.24) is 5.32 Å². The van der Waals surface area contributed by atoms with Crippen molar-refractivity contribution < 1.29 is 4.79 Å². The van der Waals surface area contributed by atoms with Gasteiger partial charge in [-0.15, -0.1) is 0 Å². The van der Waals surface area contributed by atoms with Gasteiger partial charge < -0.3 is 16.0 Å². The fraction of sp³-hybridized carbons (Fsp3) is 0.533. The highest BCUT2D eigenvalue weighted by atomic mass is 16.2. The first-order valence-electron chi connectivity index (χ1n) is 6.90. The smallest absolute Gasteiger partial charge is 0.239 e. The van der Waals surface area contributed by atoms with Gasteiger partial charge in [-0.3, -0.25) is 4.79 Å². The maximum atomic E-state index is 11.9. The average Bonchev–Trinajstić information content (AvgIpc) is 2.42. The molecule has 0 aromatic heterocycles. The molecule has 0 aliphatic rings. The van der Waals surface area contributed by atoms with Crippen LogP contribution < -0.4 is 16.0 Å². The summed E-state index contributed by atoms with van der Waals surface area (Å²) in [6, 6.07) is 9.98. The van der Waals surface area contributed by atoms with Crippen LogP contribution in [0.15, 0.2) is 30.3 Å². The van der Waals surface area contributed by atoms with Gasteiger partial charge in [-0.2, -0.15) is 0 Å². The van der Waals surface area contributed by atoms with Crippen LogP contribution in [0.1, 0.15) is 20.3 Å². The third-order valence-electron chi connectivity index (χ3n) is 2.80. The number of carbonyl (C=O) groups is 1. The largest absolute Gasteiger partial charge is 0.362 e. The summed E-state index contributed by atoms with van der Waals surface area (Å²) >= 11 is 0. The minimum Gasteiger partial charge on any atom is -0.362 e. The summed E-state index contributed by atoms with van der Waals surface area (Å²) in [5.41, 5.74) is 6.62. The molecule has 4 heteroatoms. The Kier molecular flexibility index (Phi) is 6.97. The van der Waals surface area contributed by atoms with Gasteiger partial charge in [-0.25, -0.2) is 0 Å². The summed E-state index contributed by atoms with van der Waals surface area (Å²) in [4.78, 5) is 14.0. The monoisotopic (exact) mass is 263 g/mol. The normalized spacial score (nSPS) is 10.5. The van der Waals surface area contributed by atoms with E-state index in [0.717, 1.165) is 25.2 Å². The van der Waals surface area contributed by atoms with Crippen molar-refractivity contribution in [3.05, 3.63) is 30.3 Å². The van der Waals surface area contributed by atoms with Crippen LogP contribution in [0.4, 0.5) is 5.69 Å². The van der Waals surface area contributed by atoms with Crippen molar-refractivity contribution in [3.8, 4) is 0 Å². The first kappa shape index (κ1) is 15.5. The molecule has 1 rings (SSSR count). The van der Waals surface area contributed by atoms with E-state index in [9.17, 15) is 4.79 Å². The molecule has 19 heavy (non-hydrogen) atoms. The Morgan fingerprint density at radius 1 is 1.32 bits per heavy atom. The van der Waals surface area contributed by atoms with Gasteiger partial charge in [-0.1, -0.05) is 32.0 Å². The van der Waals surface area contributed by atoms with E-state index in [0.29, 0.717) is 19.0 Å². The molecule has 1 aromatic rings. The van der Waals surface area contributed by atoms with Gasteiger partial charge >= 0.3 is 0 Å². The van der Waals surface area contributed by atoms with Crippen LogP contribution in [0, 0.1) is 5.92 Å². The lowest BCUT2D eigenvalue weighted by Gasteiger charge is -2.24. The van der Waals surface area contributed by atoms with Gasteiger partial charge in [0.1, 0.15) is 0 Å². The molecule has 0 atom stereocenters. The maximum absolute atomic E-state index is 11.9. The van der Waals surface area contributed by atoms with Gasteiger partial charge in [0.25, 0.3) is 0 Å². The first-order valence-corrected chi connectivity index (χ1v) is 6.90. The Bertz CT molecular complexity index is 365. The zero-order valence-electron chi connectivity index (χ0n) is 11.9. The number of benzene rings is 1. The molecule has 1 amide bonds. The number of nitrogens with one attached hydrogen (secondary N) is 1.